The number of H-pyrrole nitrogens is 1. The predicted octanol–water partition coefficient (Wildman–Crippen LogP) is 4.18. The van der Waals surface area contributed by atoms with Gasteiger partial charge in [-0.1, -0.05) is 6.07 Å². The zero-order chi connectivity index (χ0) is 24.4. The van der Waals surface area contributed by atoms with Gasteiger partial charge in [-0.15, -0.1) is 0 Å². The van der Waals surface area contributed by atoms with Crippen molar-refractivity contribution in [2.75, 3.05) is 26.3 Å². The van der Waals surface area contributed by atoms with E-state index in [9.17, 15) is 14.0 Å². The minimum absolute atomic E-state index is 0.0782. The molecule has 2 aromatic carbocycles. The van der Waals surface area contributed by atoms with Gasteiger partial charge in [0.2, 0.25) is 10.9 Å². The van der Waals surface area contributed by atoms with Gasteiger partial charge in [0.15, 0.2) is 0 Å². The first-order chi connectivity index (χ1) is 17.0. The van der Waals surface area contributed by atoms with E-state index in [1.165, 1.54) is 29.8 Å². The van der Waals surface area contributed by atoms with Crippen LogP contribution < -0.4 is 5.62 Å². The van der Waals surface area contributed by atoms with Crippen molar-refractivity contribution in [1.82, 2.24) is 14.5 Å². The molecule has 0 radical (unpaired) electrons. The lowest BCUT2D eigenvalue weighted by atomic mass is 9.86. The minimum atomic E-state index is -0.441. The van der Waals surface area contributed by atoms with Crippen LogP contribution in [0.5, 0.6) is 0 Å². The molecule has 1 N–H and O–H groups in total. The molecule has 0 atom stereocenters. The van der Waals surface area contributed by atoms with Gasteiger partial charge in [0.25, 0.3) is 5.91 Å². The molecule has 1 amide bonds. The van der Waals surface area contributed by atoms with Crippen LogP contribution in [0.3, 0.4) is 0 Å². The molecule has 1 saturated heterocycles. The maximum absolute atomic E-state index is 13.3. The van der Waals surface area contributed by atoms with E-state index in [2.05, 4.69) is 31.6 Å². The molecule has 1 saturated carbocycles. The zero-order valence-electron chi connectivity index (χ0n) is 19.4. The van der Waals surface area contributed by atoms with Crippen molar-refractivity contribution in [2.45, 2.75) is 38.3 Å². The van der Waals surface area contributed by atoms with Crippen LogP contribution in [0.1, 0.15) is 47.6 Å². The Morgan fingerprint density at radius 3 is 2.46 bits per heavy atom. The molecule has 2 fully saturated rings. The third-order valence-corrected chi connectivity index (χ3v) is 7.30. The van der Waals surface area contributed by atoms with Gasteiger partial charge in [-0.25, -0.2) is 4.39 Å². The number of aromatic nitrogens is 2. The first-order valence-corrected chi connectivity index (χ1v) is 12.4. The van der Waals surface area contributed by atoms with Crippen LogP contribution in [0.25, 0.3) is 11.0 Å². The van der Waals surface area contributed by atoms with Crippen LogP contribution in [0.2, 0.25) is 0 Å². The summed E-state index contributed by atoms with van der Waals surface area (Å²) >= 11 is 5.76. The lowest BCUT2D eigenvalue weighted by molar-refractivity contribution is -0.116. The van der Waals surface area contributed by atoms with Gasteiger partial charge in [0, 0.05) is 37.2 Å². The number of nitrogens with one attached hydrogen (secondary N) is 1. The second-order valence-corrected chi connectivity index (χ2v) is 9.66. The predicted molar refractivity (Wildman–Crippen MR) is 131 cm³/mol. The molecule has 1 aliphatic heterocycles. The lowest BCUT2D eigenvalue weighted by Gasteiger charge is -2.28. The standard InChI is InChI=1S/C26H28ClFN4O3/c27-24(33)18-4-8-21(9-5-18)32-23-15-17(16-31-11-13-35-14-12-31)1-10-22(23)29-26(32)30-25(34)19-2-6-20(28)7-3-19/h1-3,6-7,10,15,18,21H,4-5,8-9,11-14,16H2,(H,29,30,34). The van der Waals surface area contributed by atoms with E-state index in [-0.39, 0.29) is 17.2 Å². The molecule has 0 bridgehead atoms. The Kier molecular flexibility index (Phi) is 7.13. The second-order valence-electron chi connectivity index (χ2n) is 9.29. The van der Waals surface area contributed by atoms with Crippen molar-refractivity contribution >= 4 is 33.8 Å². The number of halogens is 2. The maximum Gasteiger partial charge on any atom is 0.280 e. The van der Waals surface area contributed by atoms with E-state index in [4.69, 9.17) is 16.3 Å². The highest BCUT2D eigenvalue weighted by Gasteiger charge is 2.28. The number of aromatic amines is 1. The van der Waals surface area contributed by atoms with Gasteiger partial charge in [-0.2, -0.15) is 4.99 Å². The molecule has 35 heavy (non-hydrogen) atoms. The van der Waals surface area contributed by atoms with Gasteiger partial charge in [-0.3, -0.25) is 14.5 Å². The number of carbonyl (C=O) groups excluding carboxylic acids is 2. The van der Waals surface area contributed by atoms with Crippen LogP contribution >= 0.6 is 11.6 Å². The summed E-state index contributed by atoms with van der Waals surface area (Å²) in [5.41, 5.74) is 3.81. The number of carbonyl (C=O) groups is 2. The first kappa shape index (κ1) is 23.9. The molecular weight excluding hydrogens is 471 g/mol. The van der Waals surface area contributed by atoms with Crippen molar-refractivity contribution < 1.29 is 18.7 Å². The quantitative estimate of drug-likeness (QED) is 0.535. The summed E-state index contributed by atoms with van der Waals surface area (Å²) in [6.45, 7) is 4.09. The summed E-state index contributed by atoms with van der Waals surface area (Å²) in [6.07, 6.45) is 2.93. The number of hydrogen-bond donors (Lipinski definition) is 1. The number of benzene rings is 2. The number of nitrogens with zero attached hydrogens (tertiary/aromatic N) is 3. The Morgan fingerprint density at radius 1 is 1.06 bits per heavy atom. The van der Waals surface area contributed by atoms with Crippen molar-refractivity contribution in [2.24, 2.45) is 10.9 Å². The summed E-state index contributed by atoms with van der Waals surface area (Å²) in [4.78, 5) is 34.7. The van der Waals surface area contributed by atoms with E-state index in [0.717, 1.165) is 56.7 Å². The fourth-order valence-electron chi connectivity index (χ4n) is 5.06. The van der Waals surface area contributed by atoms with Gasteiger partial charge in [0.1, 0.15) is 5.82 Å². The monoisotopic (exact) mass is 498 g/mol. The maximum atomic E-state index is 13.3. The number of morpholine rings is 1. The lowest BCUT2D eigenvalue weighted by Crippen LogP contribution is -2.35. The van der Waals surface area contributed by atoms with Gasteiger partial charge in [-0.05, 0) is 79.2 Å². The largest absolute Gasteiger partial charge is 0.379 e. The molecule has 1 aromatic heterocycles. The van der Waals surface area contributed by atoms with Gasteiger partial charge >= 0.3 is 0 Å². The van der Waals surface area contributed by atoms with E-state index < -0.39 is 11.7 Å². The van der Waals surface area contributed by atoms with Crippen molar-refractivity contribution in [3.8, 4) is 0 Å². The number of hydrogen-bond acceptors (Lipinski definition) is 4. The summed E-state index contributed by atoms with van der Waals surface area (Å²) in [5.74, 6) is -0.971. The molecule has 2 aliphatic rings. The van der Waals surface area contributed by atoms with E-state index in [0.29, 0.717) is 24.0 Å². The van der Waals surface area contributed by atoms with Gasteiger partial charge in [0.05, 0.1) is 24.2 Å². The number of rotatable bonds is 5. The van der Waals surface area contributed by atoms with E-state index >= 15 is 0 Å². The average molecular weight is 499 g/mol. The fourth-order valence-corrected chi connectivity index (χ4v) is 5.28. The van der Waals surface area contributed by atoms with Crippen LogP contribution in [0.15, 0.2) is 47.5 Å². The summed E-state index contributed by atoms with van der Waals surface area (Å²) in [6, 6.07) is 11.7. The van der Waals surface area contributed by atoms with E-state index in [1.54, 1.807) is 0 Å². The SMILES string of the molecule is O=C(/N=c1\[nH]c2ccc(CN3CCOCC3)cc2n1C1CCC(C(=O)Cl)CC1)c1ccc(F)cc1. The molecular formula is C26H28ClFN4O3. The number of ether oxygens (including phenoxy) is 1. The molecule has 184 valence electrons. The molecule has 9 heteroatoms. The summed E-state index contributed by atoms with van der Waals surface area (Å²) in [7, 11) is 0. The smallest absolute Gasteiger partial charge is 0.280 e. The zero-order valence-corrected chi connectivity index (χ0v) is 20.1. The Hall–Kier alpha value is -2.81. The Morgan fingerprint density at radius 2 is 1.77 bits per heavy atom. The molecule has 0 spiro atoms. The summed E-state index contributed by atoms with van der Waals surface area (Å²) < 4.78 is 20.9. The molecule has 1 aliphatic carbocycles. The third kappa shape index (κ3) is 5.39. The Balaban J connectivity index is 1.53. The highest BCUT2D eigenvalue weighted by atomic mass is 35.5. The Labute approximate surface area is 207 Å². The average Bonchev–Trinajstić information content (AvgIpc) is 3.22. The normalized spacial score (nSPS) is 21.9. The Bertz CT molecular complexity index is 1290. The highest BCUT2D eigenvalue weighted by molar-refractivity contribution is 6.63. The highest BCUT2D eigenvalue weighted by Crippen LogP contribution is 2.34. The number of fused-ring (bicyclic) bond motifs is 1. The molecule has 3 aromatic rings. The molecule has 2 heterocycles. The van der Waals surface area contributed by atoms with Crippen molar-refractivity contribution in [3.63, 3.8) is 0 Å². The minimum Gasteiger partial charge on any atom is -0.379 e. The molecule has 0 unspecified atom stereocenters. The van der Waals surface area contributed by atoms with E-state index in [1.807, 2.05) is 6.07 Å². The van der Waals surface area contributed by atoms with Crippen LogP contribution in [-0.4, -0.2) is 51.9 Å². The van der Waals surface area contributed by atoms with Crippen molar-refractivity contribution in [1.29, 1.82) is 0 Å². The second kappa shape index (κ2) is 10.4. The molecule has 7 nitrogen and oxygen atoms in total. The first-order valence-electron chi connectivity index (χ1n) is 12.0. The summed E-state index contributed by atoms with van der Waals surface area (Å²) in [5, 5.41) is -0.281. The van der Waals surface area contributed by atoms with Crippen molar-refractivity contribution in [3.05, 3.63) is 65.0 Å². The number of amides is 1. The van der Waals surface area contributed by atoms with Crippen LogP contribution in [-0.2, 0) is 16.1 Å². The third-order valence-electron chi connectivity index (χ3n) is 6.99. The number of imidazole rings is 1. The topological polar surface area (TPSA) is 79.7 Å². The fraction of sp³-hybridized carbons (Fsp3) is 0.423. The van der Waals surface area contributed by atoms with Crippen LogP contribution in [0, 0.1) is 11.7 Å². The van der Waals surface area contributed by atoms with Gasteiger partial charge < -0.3 is 14.3 Å². The van der Waals surface area contributed by atoms with Crippen LogP contribution in [0.4, 0.5) is 4.39 Å². The molecule has 5 rings (SSSR count).